The van der Waals surface area contributed by atoms with Gasteiger partial charge in [-0.2, -0.15) is 0 Å². The maximum Gasteiger partial charge on any atom is 0.135 e. The van der Waals surface area contributed by atoms with Gasteiger partial charge in [-0.05, 0) is 45.7 Å². The molecular weight excluding hydrogens is 717 g/mol. The van der Waals surface area contributed by atoms with Gasteiger partial charge in [-0.15, -0.1) is 22.7 Å². The van der Waals surface area contributed by atoms with Crippen molar-refractivity contribution in [3.63, 3.8) is 0 Å². The van der Waals surface area contributed by atoms with Crippen LogP contribution in [0.15, 0.2) is 98.1 Å². The first-order valence-electron chi connectivity index (χ1n) is 17.7. The van der Waals surface area contributed by atoms with E-state index in [9.17, 15) is 5.11 Å². The Morgan fingerprint density at radius 2 is 1.31 bits per heavy atom. The van der Waals surface area contributed by atoms with Gasteiger partial charge in [0.05, 0.1) is 74.2 Å². The molecule has 2 unspecified atom stereocenters. The van der Waals surface area contributed by atoms with Crippen LogP contribution < -0.4 is 11.5 Å². The number of hydrogen-bond donors (Lipinski definition) is 3. The molecule has 1 aliphatic rings. The van der Waals surface area contributed by atoms with Crippen molar-refractivity contribution in [1.29, 1.82) is 0 Å². The predicted octanol–water partition coefficient (Wildman–Crippen LogP) is 8.29. The van der Waals surface area contributed by atoms with Crippen LogP contribution in [0.4, 0.5) is 11.6 Å². The Morgan fingerprint density at radius 1 is 0.778 bits per heavy atom. The minimum atomic E-state index is -0.145. The second kappa shape index (κ2) is 14.7. The van der Waals surface area contributed by atoms with Crippen LogP contribution in [0, 0.1) is 0 Å². The average molecular weight is 757 g/mol. The molecule has 0 amide bonds. The molecule has 1 saturated heterocycles. The molecule has 6 aromatic heterocycles. The number of nitrogen functional groups attached to an aromatic ring is 2. The van der Waals surface area contributed by atoms with Crippen molar-refractivity contribution < 1.29 is 9.84 Å². The fourth-order valence-corrected chi connectivity index (χ4v) is 9.06. The van der Waals surface area contributed by atoms with Gasteiger partial charge < -0.3 is 30.4 Å². The Morgan fingerprint density at radius 3 is 1.85 bits per heavy atom. The first-order valence-corrected chi connectivity index (χ1v) is 19.3. The van der Waals surface area contributed by atoms with Gasteiger partial charge in [0.1, 0.15) is 34.0 Å². The highest BCUT2D eigenvalue weighted by Crippen LogP contribution is 2.43. The van der Waals surface area contributed by atoms with Gasteiger partial charge in [-0.25, -0.2) is 29.9 Å². The Balaban J connectivity index is 0.000000155. The first-order chi connectivity index (χ1) is 26.2. The van der Waals surface area contributed by atoms with Crippen molar-refractivity contribution in [2.45, 2.75) is 51.3 Å². The van der Waals surface area contributed by atoms with Gasteiger partial charge in [-0.1, -0.05) is 60.7 Å². The van der Waals surface area contributed by atoms with Gasteiger partial charge in [-0.3, -0.25) is 0 Å². The number of aromatic nitrogens is 8. The summed E-state index contributed by atoms with van der Waals surface area (Å²) >= 11 is 3.18. The summed E-state index contributed by atoms with van der Waals surface area (Å²) in [7, 11) is 0. The molecule has 1 aliphatic heterocycles. The van der Waals surface area contributed by atoms with E-state index in [4.69, 9.17) is 21.2 Å². The van der Waals surface area contributed by atoms with Crippen molar-refractivity contribution in [2.24, 2.45) is 0 Å². The lowest BCUT2D eigenvalue weighted by molar-refractivity contribution is -0.0688. The van der Waals surface area contributed by atoms with Crippen LogP contribution in [-0.2, 0) is 4.74 Å². The minimum absolute atomic E-state index is 0.0322. The highest BCUT2D eigenvalue weighted by atomic mass is 32.1. The second-order valence-electron chi connectivity index (χ2n) is 13.9. The summed E-state index contributed by atoms with van der Waals surface area (Å²) in [4.78, 5) is 30.2. The molecule has 5 N–H and O–H groups in total. The number of benzene rings is 2. The molecule has 7 heterocycles. The SMILES string of the molecule is CC(CO)n1cnc(-c2ccccc2)c1-c1cc2c(N)ncnc2s1.CC1(C)CC(n2cnc(-c3ccccc3)c2-c2cc3c(N)ncnc3s2)CCO1. The third-order valence-corrected chi connectivity index (χ3v) is 11.8. The molecule has 0 spiro atoms. The molecule has 2 aromatic carbocycles. The smallest absolute Gasteiger partial charge is 0.135 e. The number of aliphatic hydroxyl groups excluding tert-OH is 1. The summed E-state index contributed by atoms with van der Waals surface area (Å²) in [5.74, 6) is 0.979. The van der Waals surface area contributed by atoms with Crippen molar-refractivity contribution in [3.05, 3.63) is 98.1 Å². The molecule has 274 valence electrons. The van der Waals surface area contributed by atoms with E-state index in [0.717, 1.165) is 83.5 Å². The molecule has 0 saturated carbocycles. The summed E-state index contributed by atoms with van der Waals surface area (Å²) in [6.45, 7) is 7.06. The Bertz CT molecular complexity index is 2540. The van der Waals surface area contributed by atoms with Crippen LogP contribution in [0.25, 0.3) is 64.1 Å². The van der Waals surface area contributed by atoms with Crippen LogP contribution in [0.5, 0.6) is 0 Å². The molecule has 0 aliphatic carbocycles. The Hall–Kier alpha value is -5.54. The quantitative estimate of drug-likeness (QED) is 0.144. The van der Waals surface area contributed by atoms with E-state index < -0.39 is 0 Å². The molecule has 14 heteroatoms. The summed E-state index contributed by atoms with van der Waals surface area (Å²) in [5.41, 5.74) is 18.0. The van der Waals surface area contributed by atoms with Crippen LogP contribution >= 0.6 is 22.7 Å². The van der Waals surface area contributed by atoms with Crippen LogP contribution in [0.2, 0.25) is 0 Å². The number of rotatable bonds is 7. The zero-order valence-corrected chi connectivity index (χ0v) is 31.8. The Kier molecular flexibility index (Phi) is 9.67. The molecule has 9 rings (SSSR count). The highest BCUT2D eigenvalue weighted by Gasteiger charge is 2.32. The lowest BCUT2D eigenvalue weighted by Gasteiger charge is -2.36. The molecular formula is C40H40N10O2S2. The lowest BCUT2D eigenvalue weighted by Crippen LogP contribution is -2.35. The number of nitrogens with zero attached hydrogens (tertiary/aromatic N) is 8. The van der Waals surface area contributed by atoms with E-state index in [2.05, 4.69) is 61.5 Å². The van der Waals surface area contributed by atoms with E-state index >= 15 is 0 Å². The molecule has 1 fully saturated rings. The number of anilines is 2. The standard InChI is InChI=1S/C22H23N5OS.C18H17N5OS/c1-22(2)11-15(8-9-28-22)27-13-26-18(14-6-4-3-5-7-14)19(27)17-10-16-20(23)24-12-25-21(16)29-17;1-11(8-24)23-10-22-15(12-5-3-2-4-6-12)16(23)14-7-13-17(19)20-9-21-18(13)25-14/h3-7,10,12-13,15H,8-9,11H2,1-2H3,(H2,23,24,25);2-7,9-11,24H,8H2,1H3,(H2,19,20,21). The maximum absolute atomic E-state index is 9.64. The van der Waals surface area contributed by atoms with Crippen molar-refractivity contribution in [3.8, 4) is 43.7 Å². The van der Waals surface area contributed by atoms with Gasteiger partial charge in [0.15, 0.2) is 0 Å². The summed E-state index contributed by atoms with van der Waals surface area (Å²) in [5, 5.41) is 11.4. The number of ether oxygens (including phenoxy) is 1. The van der Waals surface area contributed by atoms with E-state index in [1.807, 2.05) is 72.4 Å². The number of fused-ring (bicyclic) bond motifs is 2. The summed E-state index contributed by atoms with van der Waals surface area (Å²) in [6.07, 6.45) is 8.66. The van der Waals surface area contributed by atoms with Gasteiger partial charge in [0.2, 0.25) is 0 Å². The number of imidazole rings is 2. The first kappa shape index (κ1) is 35.5. The van der Waals surface area contributed by atoms with Gasteiger partial charge >= 0.3 is 0 Å². The molecule has 12 nitrogen and oxygen atoms in total. The van der Waals surface area contributed by atoms with E-state index in [-0.39, 0.29) is 18.2 Å². The van der Waals surface area contributed by atoms with E-state index in [0.29, 0.717) is 17.7 Å². The molecule has 0 bridgehead atoms. The maximum atomic E-state index is 9.64. The molecule has 2 atom stereocenters. The number of thiophene rings is 2. The zero-order chi connectivity index (χ0) is 37.4. The second-order valence-corrected chi connectivity index (χ2v) is 16.0. The van der Waals surface area contributed by atoms with Crippen LogP contribution in [-0.4, -0.2) is 63.0 Å². The van der Waals surface area contributed by atoms with Gasteiger partial charge in [0, 0.05) is 23.8 Å². The number of hydrogen-bond acceptors (Lipinski definition) is 12. The summed E-state index contributed by atoms with van der Waals surface area (Å²) < 4.78 is 10.3. The predicted molar refractivity (Wildman–Crippen MR) is 217 cm³/mol. The summed E-state index contributed by atoms with van der Waals surface area (Å²) in [6, 6.07) is 24.7. The minimum Gasteiger partial charge on any atom is -0.394 e. The zero-order valence-electron chi connectivity index (χ0n) is 30.1. The third kappa shape index (κ3) is 6.84. The van der Waals surface area contributed by atoms with E-state index in [1.54, 1.807) is 29.0 Å². The van der Waals surface area contributed by atoms with Crippen LogP contribution in [0.3, 0.4) is 0 Å². The van der Waals surface area contributed by atoms with Crippen molar-refractivity contribution in [1.82, 2.24) is 39.0 Å². The molecule has 8 aromatic rings. The topological polar surface area (TPSA) is 169 Å². The fourth-order valence-electron chi connectivity index (χ4n) is 6.94. The normalized spacial score (nSPS) is 16.0. The lowest BCUT2D eigenvalue weighted by atomic mass is 9.93. The number of aliphatic hydroxyl groups is 1. The van der Waals surface area contributed by atoms with Gasteiger partial charge in [0.25, 0.3) is 0 Å². The Labute approximate surface area is 320 Å². The third-order valence-electron chi connectivity index (χ3n) is 9.67. The highest BCUT2D eigenvalue weighted by molar-refractivity contribution is 7.22. The fraction of sp³-hybridized carbons (Fsp3) is 0.250. The molecule has 0 radical (unpaired) electrons. The largest absolute Gasteiger partial charge is 0.394 e. The van der Waals surface area contributed by atoms with E-state index in [1.165, 1.54) is 12.7 Å². The number of nitrogens with two attached hydrogens (primary N) is 2. The average Bonchev–Trinajstić information content (AvgIpc) is 4.00. The van der Waals surface area contributed by atoms with Crippen molar-refractivity contribution in [2.75, 3.05) is 24.7 Å². The molecule has 54 heavy (non-hydrogen) atoms. The monoisotopic (exact) mass is 756 g/mol. The van der Waals surface area contributed by atoms with Crippen LogP contribution in [0.1, 0.15) is 45.7 Å². The van der Waals surface area contributed by atoms with Crippen molar-refractivity contribution >= 4 is 54.7 Å².